The van der Waals surface area contributed by atoms with E-state index in [-0.39, 0.29) is 17.0 Å². The third kappa shape index (κ3) is 3.86. The molecule has 0 radical (unpaired) electrons. The second kappa shape index (κ2) is 8.86. The number of hydrogen-bond acceptors (Lipinski definition) is 9. The Kier molecular flexibility index (Phi) is 5.99. The standard InChI is InChI=1S/C20H22N6O6/c1-3-21-19(30)15-13(27)14(28)20(32-15)26-9-24-12-16(22-8-23-17(12)26)25-18(29)10-4-6-11(31-2)7-5-10/h4-9,13-15,20,27-28H,3H2,1-2H3,(H,21,30)(H,22,23,25,29). The van der Waals surface area contributed by atoms with Gasteiger partial charge in [0.1, 0.15) is 24.3 Å². The number of aliphatic hydroxyl groups is 2. The SMILES string of the molecule is CCNC(=O)C1OC(n2cnc3c(NC(=O)c4ccc(OC)cc4)ncnc32)C(O)C1O. The van der Waals surface area contributed by atoms with Crippen LogP contribution in [0.3, 0.4) is 0 Å². The maximum atomic E-state index is 12.6. The Hall–Kier alpha value is -3.61. The zero-order valence-electron chi connectivity index (χ0n) is 17.3. The van der Waals surface area contributed by atoms with Crippen molar-refractivity contribution in [2.75, 3.05) is 19.0 Å². The minimum atomic E-state index is -1.43. The van der Waals surface area contributed by atoms with Crippen molar-refractivity contribution in [1.29, 1.82) is 0 Å². The number of aromatic nitrogens is 4. The predicted octanol–water partition coefficient (Wildman–Crippen LogP) is -0.158. The highest BCUT2D eigenvalue weighted by Crippen LogP contribution is 2.32. The number of nitrogens with one attached hydrogen (secondary N) is 2. The van der Waals surface area contributed by atoms with E-state index in [1.165, 1.54) is 24.3 Å². The first kappa shape index (κ1) is 21.6. The number of fused-ring (bicyclic) bond motifs is 1. The molecule has 3 heterocycles. The molecule has 2 aromatic heterocycles. The Morgan fingerprint density at radius 1 is 1.16 bits per heavy atom. The van der Waals surface area contributed by atoms with Gasteiger partial charge in [0.05, 0.1) is 13.4 Å². The van der Waals surface area contributed by atoms with Gasteiger partial charge in [-0.2, -0.15) is 0 Å². The van der Waals surface area contributed by atoms with Gasteiger partial charge < -0.3 is 30.3 Å². The molecule has 1 aliphatic rings. The lowest BCUT2D eigenvalue weighted by atomic mass is 10.1. The molecule has 0 spiro atoms. The lowest BCUT2D eigenvalue weighted by Crippen LogP contribution is -2.42. The Bertz CT molecular complexity index is 1130. The Morgan fingerprint density at radius 2 is 1.91 bits per heavy atom. The molecule has 1 fully saturated rings. The maximum absolute atomic E-state index is 12.6. The molecule has 32 heavy (non-hydrogen) atoms. The summed E-state index contributed by atoms with van der Waals surface area (Å²) >= 11 is 0. The fraction of sp³-hybridized carbons (Fsp3) is 0.350. The summed E-state index contributed by atoms with van der Waals surface area (Å²) in [5.74, 6) is -0.171. The van der Waals surface area contributed by atoms with Crippen molar-refractivity contribution in [3.05, 3.63) is 42.5 Å². The number of aliphatic hydroxyl groups excluding tert-OH is 2. The van der Waals surface area contributed by atoms with E-state index in [9.17, 15) is 19.8 Å². The number of anilines is 1. The van der Waals surface area contributed by atoms with Gasteiger partial charge in [-0.25, -0.2) is 15.0 Å². The molecule has 4 atom stereocenters. The van der Waals surface area contributed by atoms with Gasteiger partial charge in [0.2, 0.25) is 0 Å². The maximum Gasteiger partial charge on any atom is 0.256 e. The molecule has 4 rings (SSSR count). The number of likely N-dealkylation sites (N-methyl/N-ethyl adjacent to an activating group) is 1. The van der Waals surface area contributed by atoms with E-state index in [1.807, 2.05) is 0 Å². The molecule has 0 aliphatic carbocycles. The van der Waals surface area contributed by atoms with Crippen molar-refractivity contribution in [3.8, 4) is 5.75 Å². The second-order valence-electron chi connectivity index (χ2n) is 7.05. The number of hydrogen-bond donors (Lipinski definition) is 4. The van der Waals surface area contributed by atoms with E-state index in [0.717, 1.165) is 0 Å². The van der Waals surface area contributed by atoms with E-state index in [4.69, 9.17) is 9.47 Å². The van der Waals surface area contributed by atoms with Crippen LogP contribution in [0, 0.1) is 0 Å². The first-order valence-electron chi connectivity index (χ1n) is 9.86. The number of imidazole rings is 1. The van der Waals surface area contributed by atoms with Crippen LogP contribution in [0.15, 0.2) is 36.9 Å². The number of benzene rings is 1. The number of methoxy groups -OCH3 is 1. The van der Waals surface area contributed by atoms with E-state index in [0.29, 0.717) is 17.9 Å². The smallest absolute Gasteiger partial charge is 0.256 e. The molecule has 4 N–H and O–H groups in total. The quantitative estimate of drug-likeness (QED) is 0.407. The third-order valence-corrected chi connectivity index (χ3v) is 5.06. The fourth-order valence-electron chi connectivity index (χ4n) is 3.43. The molecule has 1 saturated heterocycles. The van der Waals surface area contributed by atoms with Gasteiger partial charge in [-0.1, -0.05) is 0 Å². The summed E-state index contributed by atoms with van der Waals surface area (Å²) in [5.41, 5.74) is 0.887. The molecule has 1 aromatic carbocycles. The van der Waals surface area contributed by atoms with Crippen LogP contribution in [-0.2, 0) is 9.53 Å². The summed E-state index contributed by atoms with van der Waals surface area (Å²) in [6.07, 6.45) is -2.62. The number of amides is 2. The number of carbonyl (C=O) groups is 2. The summed E-state index contributed by atoms with van der Waals surface area (Å²) in [5, 5.41) is 26.0. The van der Waals surface area contributed by atoms with Gasteiger partial charge >= 0.3 is 0 Å². The predicted molar refractivity (Wildman–Crippen MR) is 111 cm³/mol. The highest BCUT2D eigenvalue weighted by molar-refractivity contribution is 6.06. The van der Waals surface area contributed by atoms with Gasteiger partial charge in [-0.3, -0.25) is 14.2 Å². The lowest BCUT2D eigenvalue weighted by Gasteiger charge is -2.16. The molecule has 3 aromatic rings. The monoisotopic (exact) mass is 442 g/mol. The first-order chi connectivity index (χ1) is 15.4. The van der Waals surface area contributed by atoms with Crippen molar-refractivity contribution < 1.29 is 29.3 Å². The summed E-state index contributed by atoms with van der Waals surface area (Å²) in [7, 11) is 1.53. The molecule has 1 aliphatic heterocycles. The number of ether oxygens (including phenoxy) is 2. The summed E-state index contributed by atoms with van der Waals surface area (Å²) in [6, 6.07) is 6.54. The fourth-order valence-corrected chi connectivity index (χ4v) is 3.43. The number of nitrogens with zero attached hydrogens (tertiary/aromatic N) is 4. The Labute approximate surface area is 182 Å². The molecule has 0 saturated carbocycles. The first-order valence-corrected chi connectivity index (χ1v) is 9.86. The number of carbonyl (C=O) groups excluding carboxylic acids is 2. The van der Waals surface area contributed by atoms with Crippen LogP contribution >= 0.6 is 0 Å². The van der Waals surface area contributed by atoms with Crippen LogP contribution in [0.25, 0.3) is 11.2 Å². The highest BCUT2D eigenvalue weighted by atomic mass is 16.6. The zero-order chi connectivity index (χ0) is 22.8. The summed E-state index contributed by atoms with van der Waals surface area (Å²) < 4.78 is 12.1. The second-order valence-corrected chi connectivity index (χ2v) is 7.05. The van der Waals surface area contributed by atoms with Gasteiger partial charge in [-0.15, -0.1) is 0 Å². The molecule has 0 bridgehead atoms. The van der Waals surface area contributed by atoms with Crippen molar-refractivity contribution in [1.82, 2.24) is 24.8 Å². The van der Waals surface area contributed by atoms with Crippen LogP contribution in [0.2, 0.25) is 0 Å². The minimum absolute atomic E-state index is 0.155. The zero-order valence-corrected chi connectivity index (χ0v) is 17.3. The van der Waals surface area contributed by atoms with E-state index < -0.39 is 36.4 Å². The average Bonchev–Trinajstić information content (AvgIpc) is 3.36. The topological polar surface area (TPSA) is 161 Å². The average molecular weight is 442 g/mol. The van der Waals surface area contributed by atoms with Crippen molar-refractivity contribution in [2.24, 2.45) is 0 Å². The molecule has 12 nitrogen and oxygen atoms in total. The van der Waals surface area contributed by atoms with Gasteiger partial charge in [0.25, 0.3) is 11.8 Å². The van der Waals surface area contributed by atoms with Crippen molar-refractivity contribution in [3.63, 3.8) is 0 Å². The minimum Gasteiger partial charge on any atom is -0.497 e. The van der Waals surface area contributed by atoms with E-state index in [2.05, 4.69) is 25.6 Å². The Balaban J connectivity index is 1.59. The van der Waals surface area contributed by atoms with Crippen molar-refractivity contribution in [2.45, 2.75) is 31.5 Å². The van der Waals surface area contributed by atoms with Crippen LogP contribution in [0.5, 0.6) is 5.75 Å². The van der Waals surface area contributed by atoms with Crippen molar-refractivity contribution >= 4 is 28.8 Å². The van der Waals surface area contributed by atoms with Gasteiger partial charge in [0, 0.05) is 12.1 Å². The normalized spacial score (nSPS) is 22.6. The third-order valence-electron chi connectivity index (χ3n) is 5.06. The molecular formula is C20H22N6O6. The molecule has 168 valence electrons. The largest absolute Gasteiger partial charge is 0.497 e. The van der Waals surface area contributed by atoms with Gasteiger partial charge in [0.15, 0.2) is 29.3 Å². The van der Waals surface area contributed by atoms with Gasteiger partial charge in [-0.05, 0) is 31.2 Å². The van der Waals surface area contributed by atoms with E-state index in [1.54, 1.807) is 31.2 Å². The molecule has 4 unspecified atom stereocenters. The van der Waals surface area contributed by atoms with Crippen LogP contribution < -0.4 is 15.4 Å². The lowest BCUT2D eigenvalue weighted by molar-refractivity contribution is -0.137. The molecule has 12 heteroatoms. The molecular weight excluding hydrogens is 420 g/mol. The van der Waals surface area contributed by atoms with Crippen LogP contribution in [0.4, 0.5) is 5.82 Å². The van der Waals surface area contributed by atoms with E-state index >= 15 is 0 Å². The van der Waals surface area contributed by atoms with Crippen LogP contribution in [0.1, 0.15) is 23.5 Å². The molecule has 2 amide bonds. The summed E-state index contributed by atoms with van der Waals surface area (Å²) in [4.78, 5) is 37.2. The van der Waals surface area contributed by atoms with Crippen LogP contribution in [-0.4, -0.2) is 73.5 Å². The summed E-state index contributed by atoms with van der Waals surface area (Å²) in [6.45, 7) is 2.08. The number of rotatable bonds is 6. The highest BCUT2D eigenvalue weighted by Gasteiger charge is 2.47. The Morgan fingerprint density at radius 3 is 2.59 bits per heavy atom.